The Morgan fingerprint density at radius 3 is 1.30 bits per heavy atom. The van der Waals surface area contributed by atoms with Crippen LogP contribution in [-0.4, -0.2) is 69.1 Å². The van der Waals surface area contributed by atoms with Crippen LogP contribution in [0.2, 0.25) is 0 Å². The number of rotatable bonds is 1. The Labute approximate surface area is 79.7 Å². The van der Waals surface area contributed by atoms with E-state index in [2.05, 4.69) is 5.73 Å². The molecule has 0 saturated carbocycles. The van der Waals surface area contributed by atoms with Crippen molar-refractivity contribution in [2.75, 3.05) is 6.54 Å². The number of carboxylic acids is 1. The molecule has 0 rings (SSSR count). The van der Waals surface area contributed by atoms with Gasteiger partial charge < -0.3 is 32.7 Å². The van der Waals surface area contributed by atoms with Gasteiger partial charge >= 0.3 is 5.97 Å². The summed E-state index contributed by atoms with van der Waals surface area (Å²) in [6.07, 6.45) is 0. The van der Waals surface area contributed by atoms with Crippen LogP contribution in [0.3, 0.4) is 0 Å². The summed E-state index contributed by atoms with van der Waals surface area (Å²) in [5, 5.41) is 7.60. The van der Waals surface area contributed by atoms with E-state index in [-0.39, 0.29) is 58.0 Å². The van der Waals surface area contributed by atoms with Crippen molar-refractivity contribution >= 4 is 35.5 Å². The zero-order chi connectivity index (χ0) is 4.28. The van der Waals surface area contributed by atoms with Crippen LogP contribution in [0.15, 0.2) is 0 Å². The quantitative estimate of drug-likeness (QED) is 0.374. The van der Waals surface area contributed by atoms with Gasteiger partial charge in [0.1, 0.15) is 0 Å². The van der Waals surface area contributed by atoms with Gasteiger partial charge in [-0.15, -0.1) is 0 Å². The number of hydrogen-bond acceptors (Lipinski definition) is 2. The third-order valence-corrected chi connectivity index (χ3v) is 0.175. The van der Waals surface area contributed by atoms with Crippen LogP contribution in [0, 0.1) is 0 Å². The average molecular weight is 170 g/mol. The molecule has 0 spiro atoms. The largest absolute Gasteiger partial charge is 0.480 e. The van der Waals surface area contributed by atoms with Crippen LogP contribution >= 0.6 is 0 Å². The summed E-state index contributed by atoms with van der Waals surface area (Å²) in [6, 6.07) is 0. The van der Waals surface area contributed by atoms with Gasteiger partial charge in [-0.05, 0) is 0 Å². The van der Waals surface area contributed by atoms with E-state index in [1.54, 1.807) is 0 Å². The van der Waals surface area contributed by atoms with Crippen LogP contribution in [0.1, 0.15) is 0 Å². The minimum atomic E-state index is -0.968. The first kappa shape index (κ1) is 48.4. The number of hydrogen-bond donors (Lipinski definition) is 2. The smallest absolute Gasteiger partial charge is 0.317 e. The van der Waals surface area contributed by atoms with Crippen LogP contribution in [0.5, 0.6) is 0 Å². The molecule has 0 amide bonds. The number of nitrogens with two attached hydrogens (primary N) is 1. The molecule has 0 atom stereocenters. The van der Waals surface area contributed by atoms with E-state index in [1.165, 1.54) is 0 Å². The molecule has 1 radical (unpaired) electrons. The van der Waals surface area contributed by atoms with Crippen LogP contribution in [0.25, 0.3) is 0 Å². The summed E-state index contributed by atoms with van der Waals surface area (Å²) in [5.41, 5.74) is 4.57. The van der Waals surface area contributed by atoms with E-state index in [4.69, 9.17) is 5.11 Å². The van der Waals surface area contributed by atoms with Crippen molar-refractivity contribution in [3.8, 4) is 0 Å². The Bertz CT molecular complexity index is 51.0. The van der Waals surface area contributed by atoms with Crippen LogP contribution < -0.4 is 5.73 Å². The SMILES string of the molecule is NCC(=O)O.O.O.O.O.[Na]. The molecule has 0 saturated heterocycles. The van der Waals surface area contributed by atoms with Crippen molar-refractivity contribution in [3.05, 3.63) is 0 Å². The van der Waals surface area contributed by atoms with E-state index in [0.29, 0.717) is 0 Å². The van der Waals surface area contributed by atoms with Crippen molar-refractivity contribution < 1.29 is 31.8 Å². The fourth-order valence-corrected chi connectivity index (χ4v) is 0. The van der Waals surface area contributed by atoms with E-state index < -0.39 is 5.97 Å². The normalized spacial score (nSPS) is 3.70. The second-order valence-corrected chi connectivity index (χ2v) is 0.598. The molecule has 0 aliphatic heterocycles. The zero-order valence-corrected chi connectivity index (χ0v) is 7.64. The van der Waals surface area contributed by atoms with Crippen LogP contribution in [0.4, 0.5) is 0 Å². The van der Waals surface area contributed by atoms with Crippen molar-refractivity contribution in [3.63, 3.8) is 0 Å². The summed E-state index contributed by atoms with van der Waals surface area (Å²) in [4.78, 5) is 9.24. The van der Waals surface area contributed by atoms with Gasteiger partial charge in [-0.1, -0.05) is 0 Å². The van der Waals surface area contributed by atoms with Crippen molar-refractivity contribution in [2.45, 2.75) is 0 Å². The maximum Gasteiger partial charge on any atom is 0.317 e. The maximum atomic E-state index is 9.24. The third-order valence-electron chi connectivity index (χ3n) is 0.175. The first-order chi connectivity index (χ1) is 2.27. The molecule has 7 nitrogen and oxygen atoms in total. The number of carbonyl (C=O) groups is 1. The Kier molecular flexibility index (Phi) is 168. The molecule has 8 heteroatoms. The average Bonchev–Trinajstić information content (AvgIpc) is 1.38. The summed E-state index contributed by atoms with van der Waals surface area (Å²) in [6.45, 7) is -0.278. The van der Waals surface area contributed by atoms with Gasteiger partial charge in [0.05, 0.1) is 6.54 Å². The maximum absolute atomic E-state index is 9.24. The summed E-state index contributed by atoms with van der Waals surface area (Å²) in [5.74, 6) is -0.968. The van der Waals surface area contributed by atoms with Crippen molar-refractivity contribution in [1.82, 2.24) is 0 Å². The molecule has 0 aromatic rings. The van der Waals surface area contributed by atoms with E-state index in [0.717, 1.165) is 0 Å². The monoisotopic (exact) mass is 170 g/mol. The van der Waals surface area contributed by atoms with Gasteiger partial charge in [-0.25, -0.2) is 0 Å². The number of carboxylic acid groups (broad SMARTS) is 1. The molecule has 10 heavy (non-hydrogen) atoms. The molecule has 0 bridgehead atoms. The van der Waals surface area contributed by atoms with Crippen LogP contribution in [-0.2, 0) is 4.79 Å². The molecule has 0 aromatic heterocycles. The second-order valence-electron chi connectivity index (χ2n) is 0.598. The van der Waals surface area contributed by atoms with Gasteiger partial charge in [0.25, 0.3) is 0 Å². The van der Waals surface area contributed by atoms with Gasteiger partial charge in [-0.3, -0.25) is 4.79 Å². The minimum absolute atomic E-state index is 0. The molecule has 63 valence electrons. The molecular formula is C2H13NNaO6. The number of aliphatic carboxylic acids is 1. The fraction of sp³-hybridized carbons (Fsp3) is 0.500. The third kappa shape index (κ3) is 84.8. The fourth-order valence-electron chi connectivity index (χ4n) is 0. The van der Waals surface area contributed by atoms with Gasteiger partial charge in [-0.2, -0.15) is 0 Å². The summed E-state index contributed by atoms with van der Waals surface area (Å²) in [7, 11) is 0. The van der Waals surface area contributed by atoms with E-state index >= 15 is 0 Å². The predicted molar refractivity (Wildman–Crippen MR) is 36.9 cm³/mol. The predicted octanol–water partition coefficient (Wildman–Crippen LogP) is -4.65. The molecule has 11 N–H and O–H groups in total. The molecule has 0 aliphatic carbocycles. The molecular weight excluding hydrogens is 157 g/mol. The Hall–Kier alpha value is 0.270. The van der Waals surface area contributed by atoms with E-state index in [9.17, 15) is 4.79 Å². The zero-order valence-electron chi connectivity index (χ0n) is 5.64. The first-order valence-corrected chi connectivity index (χ1v) is 1.19. The van der Waals surface area contributed by atoms with Gasteiger partial charge in [0, 0.05) is 29.6 Å². The van der Waals surface area contributed by atoms with Gasteiger partial charge in [0.15, 0.2) is 0 Å². The second kappa shape index (κ2) is 34.8. The Morgan fingerprint density at radius 1 is 1.20 bits per heavy atom. The topological polar surface area (TPSA) is 189 Å². The van der Waals surface area contributed by atoms with E-state index in [1.807, 2.05) is 0 Å². The van der Waals surface area contributed by atoms with Crippen molar-refractivity contribution in [1.29, 1.82) is 0 Å². The molecule has 0 aromatic carbocycles. The summed E-state index contributed by atoms with van der Waals surface area (Å²) >= 11 is 0. The first-order valence-electron chi connectivity index (χ1n) is 1.19. The van der Waals surface area contributed by atoms with Crippen molar-refractivity contribution in [2.24, 2.45) is 5.73 Å². The Morgan fingerprint density at radius 2 is 1.30 bits per heavy atom. The molecule has 0 unspecified atom stereocenters. The summed E-state index contributed by atoms with van der Waals surface area (Å²) < 4.78 is 0. The molecule has 0 fully saturated rings. The minimum Gasteiger partial charge on any atom is -0.480 e. The van der Waals surface area contributed by atoms with Gasteiger partial charge in [0.2, 0.25) is 0 Å². The molecule has 0 aliphatic rings. The Balaban J connectivity index is -0.00000000800. The standard InChI is InChI=1S/C2H5NO2.Na.4H2O/c3-1-2(4)5;;;;;/h1,3H2,(H,4,5);;4*1H2. The molecule has 0 heterocycles.